The Kier molecular flexibility index (Phi) is 6.32. The highest BCUT2D eigenvalue weighted by molar-refractivity contribution is 5.77. The van der Waals surface area contributed by atoms with Gasteiger partial charge in [0.05, 0.1) is 18.0 Å². The molecule has 34 heavy (non-hydrogen) atoms. The summed E-state index contributed by atoms with van der Waals surface area (Å²) in [7, 11) is 0. The molecule has 0 radical (unpaired) electrons. The first-order chi connectivity index (χ1) is 16.5. The first-order valence-electron chi connectivity index (χ1n) is 11.9. The SMILES string of the molecule is CC(=O)N1CCC(n2c(Nc3ccccc3F)nc3cnc(NC4CCC(O)CC4)nc32)CC1. The Bertz CT molecular complexity index is 1170. The van der Waals surface area contributed by atoms with E-state index in [0.29, 0.717) is 41.8 Å². The van der Waals surface area contributed by atoms with Gasteiger partial charge >= 0.3 is 0 Å². The van der Waals surface area contributed by atoms with E-state index in [2.05, 4.69) is 15.6 Å². The van der Waals surface area contributed by atoms with Gasteiger partial charge in [0.1, 0.15) is 11.3 Å². The van der Waals surface area contributed by atoms with Crippen molar-refractivity contribution < 1.29 is 14.3 Å². The number of aliphatic hydroxyl groups is 1. The topological polar surface area (TPSA) is 108 Å². The number of rotatable bonds is 5. The summed E-state index contributed by atoms with van der Waals surface area (Å²) >= 11 is 0. The summed E-state index contributed by atoms with van der Waals surface area (Å²) in [6, 6.07) is 6.77. The molecule has 2 fully saturated rings. The number of nitrogens with zero attached hydrogens (tertiary/aromatic N) is 5. The lowest BCUT2D eigenvalue weighted by atomic mass is 9.93. The summed E-state index contributed by atoms with van der Waals surface area (Å²) in [5.41, 5.74) is 1.64. The molecule has 0 spiro atoms. The molecule has 3 aromatic rings. The number of benzene rings is 1. The normalized spacial score (nSPS) is 21.6. The van der Waals surface area contributed by atoms with Crippen LogP contribution in [0.3, 0.4) is 0 Å². The highest BCUT2D eigenvalue weighted by Gasteiger charge is 2.27. The largest absolute Gasteiger partial charge is 0.393 e. The van der Waals surface area contributed by atoms with Crippen molar-refractivity contribution in [2.24, 2.45) is 0 Å². The maximum atomic E-state index is 14.4. The van der Waals surface area contributed by atoms with E-state index in [1.54, 1.807) is 31.3 Å². The van der Waals surface area contributed by atoms with E-state index < -0.39 is 0 Å². The van der Waals surface area contributed by atoms with E-state index in [-0.39, 0.29) is 29.9 Å². The van der Waals surface area contributed by atoms with Crippen LogP contribution in [0.1, 0.15) is 51.5 Å². The summed E-state index contributed by atoms with van der Waals surface area (Å²) < 4.78 is 16.4. The van der Waals surface area contributed by atoms with Crippen LogP contribution in [-0.4, -0.2) is 60.7 Å². The number of nitrogens with one attached hydrogen (secondary N) is 2. The molecule has 10 heteroatoms. The number of carbonyl (C=O) groups is 1. The zero-order chi connectivity index (χ0) is 23.7. The summed E-state index contributed by atoms with van der Waals surface area (Å²) in [5.74, 6) is 0.743. The zero-order valence-electron chi connectivity index (χ0n) is 19.2. The van der Waals surface area contributed by atoms with Gasteiger partial charge in [0, 0.05) is 32.1 Å². The van der Waals surface area contributed by atoms with Crippen molar-refractivity contribution in [1.82, 2.24) is 24.4 Å². The number of anilines is 3. The average Bonchev–Trinajstić information content (AvgIpc) is 3.19. The highest BCUT2D eigenvalue weighted by atomic mass is 19.1. The maximum absolute atomic E-state index is 14.4. The van der Waals surface area contributed by atoms with Gasteiger partial charge < -0.3 is 20.6 Å². The quantitative estimate of drug-likeness (QED) is 0.526. The number of carbonyl (C=O) groups excluding carboxylic acids is 1. The summed E-state index contributed by atoms with van der Waals surface area (Å²) in [4.78, 5) is 27.6. The van der Waals surface area contributed by atoms with Crippen LogP contribution in [0.4, 0.5) is 22.0 Å². The fraction of sp³-hybridized carbons (Fsp3) is 0.500. The average molecular weight is 468 g/mol. The third-order valence-electron chi connectivity index (χ3n) is 6.86. The Morgan fingerprint density at radius 2 is 1.82 bits per heavy atom. The van der Waals surface area contributed by atoms with Crippen molar-refractivity contribution in [2.45, 2.75) is 63.6 Å². The van der Waals surface area contributed by atoms with Crippen molar-refractivity contribution in [3.05, 3.63) is 36.3 Å². The van der Waals surface area contributed by atoms with E-state index in [1.807, 2.05) is 9.47 Å². The van der Waals surface area contributed by atoms with Gasteiger partial charge in [-0.25, -0.2) is 14.4 Å². The van der Waals surface area contributed by atoms with E-state index in [0.717, 1.165) is 38.5 Å². The molecule has 1 aliphatic carbocycles. The van der Waals surface area contributed by atoms with Crippen molar-refractivity contribution in [2.75, 3.05) is 23.7 Å². The van der Waals surface area contributed by atoms with Gasteiger partial charge in [-0.1, -0.05) is 12.1 Å². The molecule has 5 rings (SSSR count). The van der Waals surface area contributed by atoms with Gasteiger partial charge in [-0.3, -0.25) is 9.36 Å². The molecule has 9 nitrogen and oxygen atoms in total. The minimum atomic E-state index is -0.361. The van der Waals surface area contributed by atoms with Gasteiger partial charge in [0.25, 0.3) is 0 Å². The number of halogens is 1. The van der Waals surface area contributed by atoms with Crippen LogP contribution in [0.2, 0.25) is 0 Å². The van der Waals surface area contributed by atoms with Crippen molar-refractivity contribution >= 4 is 34.7 Å². The summed E-state index contributed by atoms with van der Waals surface area (Å²) in [5, 5.41) is 16.3. The first kappa shape index (κ1) is 22.5. The Hall–Kier alpha value is -3.27. The first-order valence-corrected chi connectivity index (χ1v) is 11.9. The number of imidazole rings is 1. The zero-order valence-corrected chi connectivity index (χ0v) is 19.2. The molecular formula is C24H30FN7O2. The van der Waals surface area contributed by atoms with Crippen molar-refractivity contribution in [1.29, 1.82) is 0 Å². The predicted octanol–water partition coefficient (Wildman–Crippen LogP) is 3.61. The Labute approximate surface area is 197 Å². The molecule has 1 saturated heterocycles. The predicted molar refractivity (Wildman–Crippen MR) is 127 cm³/mol. The van der Waals surface area contributed by atoms with Gasteiger partial charge in [-0.15, -0.1) is 0 Å². The van der Waals surface area contributed by atoms with E-state index in [9.17, 15) is 14.3 Å². The lowest BCUT2D eigenvalue weighted by Gasteiger charge is -2.32. The van der Waals surface area contributed by atoms with Gasteiger partial charge in [-0.2, -0.15) is 4.98 Å². The molecule has 0 atom stereocenters. The highest BCUT2D eigenvalue weighted by Crippen LogP contribution is 2.32. The summed E-state index contributed by atoms with van der Waals surface area (Å²) in [6.07, 6.45) is 6.24. The van der Waals surface area contributed by atoms with Crippen LogP contribution in [0.5, 0.6) is 0 Å². The molecule has 2 aromatic heterocycles. The van der Waals surface area contributed by atoms with Gasteiger partial charge in [0.15, 0.2) is 5.65 Å². The second-order valence-corrected chi connectivity index (χ2v) is 9.20. The van der Waals surface area contributed by atoms with Crippen LogP contribution in [0, 0.1) is 5.82 Å². The number of hydrogen-bond donors (Lipinski definition) is 3. The van der Waals surface area contributed by atoms with Gasteiger partial charge in [-0.05, 0) is 50.7 Å². The Morgan fingerprint density at radius 1 is 1.09 bits per heavy atom. The van der Waals surface area contributed by atoms with Crippen LogP contribution in [-0.2, 0) is 4.79 Å². The van der Waals surface area contributed by atoms with Gasteiger partial charge in [0.2, 0.25) is 17.8 Å². The molecule has 0 bridgehead atoms. The number of piperidine rings is 1. The molecule has 1 amide bonds. The number of para-hydroxylation sites is 1. The Morgan fingerprint density at radius 3 is 2.53 bits per heavy atom. The Balaban J connectivity index is 1.48. The maximum Gasteiger partial charge on any atom is 0.224 e. The number of aromatic nitrogens is 4. The second-order valence-electron chi connectivity index (χ2n) is 9.20. The molecule has 3 heterocycles. The second kappa shape index (κ2) is 9.54. The van der Waals surface area contributed by atoms with E-state index >= 15 is 0 Å². The summed E-state index contributed by atoms with van der Waals surface area (Å²) in [6.45, 7) is 2.90. The molecule has 1 aromatic carbocycles. The molecule has 3 N–H and O–H groups in total. The minimum Gasteiger partial charge on any atom is -0.393 e. The fourth-order valence-electron chi connectivity index (χ4n) is 4.92. The smallest absolute Gasteiger partial charge is 0.224 e. The number of fused-ring (bicyclic) bond motifs is 1. The third kappa shape index (κ3) is 4.68. The monoisotopic (exact) mass is 467 g/mol. The molecule has 1 aliphatic heterocycles. The molecule has 0 unspecified atom stereocenters. The van der Waals surface area contributed by atoms with Crippen LogP contribution in [0.15, 0.2) is 30.5 Å². The van der Waals surface area contributed by atoms with E-state index in [4.69, 9.17) is 9.97 Å². The van der Waals surface area contributed by atoms with Crippen LogP contribution < -0.4 is 10.6 Å². The lowest BCUT2D eigenvalue weighted by Crippen LogP contribution is -2.37. The fourth-order valence-corrected chi connectivity index (χ4v) is 4.92. The third-order valence-corrected chi connectivity index (χ3v) is 6.86. The minimum absolute atomic E-state index is 0.0578. The molecular weight excluding hydrogens is 437 g/mol. The lowest BCUT2D eigenvalue weighted by molar-refractivity contribution is -0.130. The van der Waals surface area contributed by atoms with Crippen LogP contribution >= 0.6 is 0 Å². The standard InChI is InChI=1S/C24H30FN7O2/c1-15(33)31-12-10-17(11-13-31)32-22-21(29-24(32)28-20-5-3-2-4-19(20)25)14-26-23(30-22)27-16-6-8-18(34)9-7-16/h2-5,14,16-18,34H,6-13H2,1H3,(H,28,29)(H,26,27,30). The van der Waals surface area contributed by atoms with E-state index in [1.165, 1.54) is 6.07 Å². The number of likely N-dealkylation sites (tertiary alicyclic amines) is 1. The number of amides is 1. The number of hydrogen-bond acceptors (Lipinski definition) is 7. The number of aliphatic hydroxyl groups excluding tert-OH is 1. The van der Waals surface area contributed by atoms with Crippen LogP contribution in [0.25, 0.3) is 11.2 Å². The molecule has 2 aliphatic rings. The van der Waals surface area contributed by atoms with Crippen molar-refractivity contribution in [3.63, 3.8) is 0 Å². The molecule has 180 valence electrons. The molecule has 1 saturated carbocycles. The van der Waals surface area contributed by atoms with Crippen molar-refractivity contribution in [3.8, 4) is 0 Å².